The van der Waals surface area contributed by atoms with Gasteiger partial charge in [-0.25, -0.2) is 4.79 Å². The van der Waals surface area contributed by atoms with Crippen LogP contribution in [0.2, 0.25) is 0 Å². The van der Waals surface area contributed by atoms with E-state index in [-0.39, 0.29) is 5.76 Å². The lowest BCUT2D eigenvalue weighted by Gasteiger charge is -2.14. The molecule has 0 atom stereocenters. The number of carboxylic acid groups (broad SMARTS) is 1. The zero-order chi connectivity index (χ0) is 12.5. The maximum absolute atomic E-state index is 10.9. The fourth-order valence-corrected chi connectivity index (χ4v) is 2.24. The standard InChI is InChI=1S/C13H12N2O3/c16-13(17)12-10-7-15(8-11(10)14-18-12)6-9-4-2-1-3-5-9/h1-5H,6-8H2,(H,16,17). The Balaban J connectivity index is 1.75. The van der Waals surface area contributed by atoms with Crippen LogP contribution >= 0.6 is 0 Å². The summed E-state index contributed by atoms with van der Waals surface area (Å²) in [4.78, 5) is 13.1. The van der Waals surface area contributed by atoms with Crippen LogP contribution in [-0.2, 0) is 19.6 Å². The van der Waals surface area contributed by atoms with Gasteiger partial charge in [0.15, 0.2) is 0 Å². The molecular weight excluding hydrogens is 232 g/mol. The van der Waals surface area contributed by atoms with Crippen molar-refractivity contribution < 1.29 is 14.4 Å². The highest BCUT2D eigenvalue weighted by Crippen LogP contribution is 2.26. The Kier molecular flexibility index (Phi) is 2.60. The van der Waals surface area contributed by atoms with Crippen molar-refractivity contribution in [2.75, 3.05) is 0 Å². The van der Waals surface area contributed by atoms with E-state index in [9.17, 15) is 4.79 Å². The van der Waals surface area contributed by atoms with Gasteiger partial charge >= 0.3 is 5.97 Å². The molecule has 0 fully saturated rings. The van der Waals surface area contributed by atoms with Gasteiger partial charge < -0.3 is 9.63 Å². The Morgan fingerprint density at radius 2 is 2.11 bits per heavy atom. The van der Waals surface area contributed by atoms with E-state index in [1.54, 1.807) is 0 Å². The Bertz CT molecular complexity index is 577. The van der Waals surface area contributed by atoms with Crippen molar-refractivity contribution in [2.45, 2.75) is 19.6 Å². The first-order valence-corrected chi connectivity index (χ1v) is 5.71. The summed E-state index contributed by atoms with van der Waals surface area (Å²) in [6.07, 6.45) is 0. The lowest BCUT2D eigenvalue weighted by atomic mass is 10.2. The van der Waals surface area contributed by atoms with Crippen LogP contribution in [0, 0.1) is 0 Å². The summed E-state index contributed by atoms with van der Waals surface area (Å²) in [7, 11) is 0. The first kappa shape index (κ1) is 11.0. The number of carboxylic acids is 1. The number of aromatic carboxylic acids is 1. The van der Waals surface area contributed by atoms with E-state index in [1.807, 2.05) is 18.2 Å². The van der Waals surface area contributed by atoms with E-state index in [0.29, 0.717) is 18.7 Å². The van der Waals surface area contributed by atoms with Crippen LogP contribution < -0.4 is 0 Å². The predicted molar refractivity (Wildman–Crippen MR) is 62.9 cm³/mol. The minimum atomic E-state index is -1.05. The van der Waals surface area contributed by atoms with E-state index < -0.39 is 5.97 Å². The second-order valence-electron chi connectivity index (χ2n) is 4.37. The van der Waals surface area contributed by atoms with Crippen LogP contribution in [0.3, 0.4) is 0 Å². The van der Waals surface area contributed by atoms with Crippen molar-refractivity contribution in [1.29, 1.82) is 0 Å². The molecular formula is C13H12N2O3. The van der Waals surface area contributed by atoms with Crippen molar-refractivity contribution in [3.05, 3.63) is 52.9 Å². The van der Waals surface area contributed by atoms with E-state index in [2.05, 4.69) is 22.2 Å². The molecule has 0 saturated heterocycles. The number of hydrogen-bond acceptors (Lipinski definition) is 4. The number of rotatable bonds is 3. The third kappa shape index (κ3) is 1.89. The molecule has 0 amide bonds. The number of carbonyl (C=O) groups is 1. The molecule has 1 aliphatic rings. The van der Waals surface area contributed by atoms with Gasteiger partial charge in [-0.15, -0.1) is 0 Å². The van der Waals surface area contributed by atoms with Crippen molar-refractivity contribution in [3.63, 3.8) is 0 Å². The average molecular weight is 244 g/mol. The van der Waals surface area contributed by atoms with Gasteiger partial charge in [0, 0.05) is 25.2 Å². The van der Waals surface area contributed by atoms with Crippen molar-refractivity contribution in [3.8, 4) is 0 Å². The minimum Gasteiger partial charge on any atom is -0.475 e. The number of fused-ring (bicyclic) bond motifs is 1. The molecule has 1 aromatic carbocycles. The molecule has 5 nitrogen and oxygen atoms in total. The van der Waals surface area contributed by atoms with Crippen molar-refractivity contribution in [2.24, 2.45) is 0 Å². The molecule has 1 aromatic heterocycles. The fraction of sp³-hybridized carbons (Fsp3) is 0.231. The van der Waals surface area contributed by atoms with Crippen LogP contribution in [0.4, 0.5) is 0 Å². The van der Waals surface area contributed by atoms with Gasteiger partial charge in [-0.05, 0) is 5.56 Å². The van der Waals surface area contributed by atoms with Crippen LogP contribution in [0.25, 0.3) is 0 Å². The molecule has 0 unspecified atom stereocenters. The molecule has 18 heavy (non-hydrogen) atoms. The van der Waals surface area contributed by atoms with Gasteiger partial charge in [-0.2, -0.15) is 0 Å². The first-order valence-electron chi connectivity index (χ1n) is 5.71. The molecule has 2 heterocycles. The van der Waals surface area contributed by atoms with Gasteiger partial charge in [-0.3, -0.25) is 4.90 Å². The maximum atomic E-state index is 10.9. The van der Waals surface area contributed by atoms with E-state index in [4.69, 9.17) is 9.63 Å². The molecule has 0 bridgehead atoms. The molecule has 2 aromatic rings. The summed E-state index contributed by atoms with van der Waals surface area (Å²) in [5, 5.41) is 12.8. The summed E-state index contributed by atoms with van der Waals surface area (Å²) >= 11 is 0. The number of benzene rings is 1. The normalized spacial score (nSPS) is 14.7. The summed E-state index contributed by atoms with van der Waals surface area (Å²) in [6, 6.07) is 10.1. The average Bonchev–Trinajstić information content (AvgIpc) is 2.89. The first-order chi connectivity index (χ1) is 8.74. The summed E-state index contributed by atoms with van der Waals surface area (Å²) in [5.74, 6) is -1.08. The second-order valence-corrected chi connectivity index (χ2v) is 4.37. The smallest absolute Gasteiger partial charge is 0.375 e. The third-order valence-electron chi connectivity index (χ3n) is 3.07. The Morgan fingerprint density at radius 1 is 1.33 bits per heavy atom. The van der Waals surface area contributed by atoms with Gasteiger partial charge in [0.25, 0.3) is 0 Å². The third-order valence-corrected chi connectivity index (χ3v) is 3.07. The van der Waals surface area contributed by atoms with E-state index >= 15 is 0 Å². The maximum Gasteiger partial charge on any atom is 0.375 e. The predicted octanol–water partition coefficient (Wildman–Crippen LogP) is 1.89. The molecule has 1 aliphatic heterocycles. The highest BCUT2D eigenvalue weighted by Gasteiger charge is 2.29. The second kappa shape index (κ2) is 4.27. The summed E-state index contributed by atoms with van der Waals surface area (Å²) in [6.45, 7) is 2.01. The highest BCUT2D eigenvalue weighted by atomic mass is 16.5. The minimum absolute atomic E-state index is 0.0273. The zero-order valence-electron chi connectivity index (χ0n) is 9.67. The molecule has 0 radical (unpaired) electrons. The molecule has 0 spiro atoms. The molecule has 3 rings (SSSR count). The number of aromatic nitrogens is 1. The van der Waals surface area contributed by atoms with Gasteiger partial charge in [0.2, 0.25) is 5.76 Å². The Labute approximate surface area is 104 Å². The lowest BCUT2D eigenvalue weighted by Crippen LogP contribution is -2.16. The molecule has 92 valence electrons. The van der Waals surface area contributed by atoms with Crippen LogP contribution in [-0.4, -0.2) is 21.1 Å². The van der Waals surface area contributed by atoms with Crippen LogP contribution in [0.5, 0.6) is 0 Å². The Morgan fingerprint density at radius 3 is 2.83 bits per heavy atom. The largest absolute Gasteiger partial charge is 0.475 e. The Hall–Kier alpha value is -2.14. The van der Waals surface area contributed by atoms with Crippen LogP contribution in [0.15, 0.2) is 34.9 Å². The quantitative estimate of drug-likeness (QED) is 0.893. The van der Waals surface area contributed by atoms with Crippen molar-refractivity contribution in [1.82, 2.24) is 10.1 Å². The molecule has 0 aliphatic carbocycles. The molecule has 0 saturated carbocycles. The van der Waals surface area contributed by atoms with Crippen LogP contribution in [0.1, 0.15) is 27.4 Å². The van der Waals surface area contributed by atoms with Gasteiger partial charge in [0.05, 0.1) is 0 Å². The monoisotopic (exact) mass is 244 g/mol. The van der Waals surface area contributed by atoms with Gasteiger partial charge in [0.1, 0.15) is 5.69 Å². The van der Waals surface area contributed by atoms with E-state index in [1.165, 1.54) is 5.56 Å². The van der Waals surface area contributed by atoms with Crippen molar-refractivity contribution >= 4 is 5.97 Å². The SMILES string of the molecule is O=C(O)c1onc2c1CN(Cc1ccccc1)C2. The zero-order valence-corrected chi connectivity index (χ0v) is 9.67. The van der Waals surface area contributed by atoms with E-state index in [0.717, 1.165) is 12.2 Å². The highest BCUT2D eigenvalue weighted by molar-refractivity contribution is 5.86. The molecule has 1 N–H and O–H groups in total. The number of nitrogens with zero attached hydrogens (tertiary/aromatic N) is 2. The van der Waals surface area contributed by atoms with Gasteiger partial charge in [-0.1, -0.05) is 35.5 Å². The summed E-state index contributed by atoms with van der Waals surface area (Å²) in [5.41, 5.74) is 2.65. The lowest BCUT2D eigenvalue weighted by molar-refractivity contribution is 0.0647. The topological polar surface area (TPSA) is 66.6 Å². The fourth-order valence-electron chi connectivity index (χ4n) is 2.24. The number of hydrogen-bond donors (Lipinski definition) is 1. The summed E-state index contributed by atoms with van der Waals surface area (Å²) < 4.78 is 4.82. The molecule has 5 heteroatoms.